The van der Waals surface area contributed by atoms with E-state index in [0.29, 0.717) is 35.1 Å². The van der Waals surface area contributed by atoms with Crippen LogP contribution in [0.15, 0.2) is 66.3 Å². The van der Waals surface area contributed by atoms with E-state index >= 15 is 0 Å². The van der Waals surface area contributed by atoms with Gasteiger partial charge >= 0.3 is 0 Å². The smallest absolute Gasteiger partial charge is 0.232 e. The third-order valence-corrected chi connectivity index (χ3v) is 5.76. The lowest BCUT2D eigenvalue weighted by molar-refractivity contribution is 0.416. The second kappa shape index (κ2) is 10.1. The number of nitrogens with two attached hydrogens (primary N) is 1. The highest BCUT2D eigenvalue weighted by Crippen LogP contribution is 2.31. The SMILES string of the molecule is C=CCn1c(SCc2nc(N)nc(Nc3ccccc3C)n2)nnc1-c1ccccc1OC. The van der Waals surface area contributed by atoms with E-state index in [-0.39, 0.29) is 5.95 Å². The van der Waals surface area contributed by atoms with Gasteiger partial charge in [-0.25, -0.2) is 0 Å². The zero-order chi connectivity index (χ0) is 23.2. The van der Waals surface area contributed by atoms with Gasteiger partial charge in [0, 0.05) is 12.2 Å². The Kier molecular flexibility index (Phi) is 6.84. The summed E-state index contributed by atoms with van der Waals surface area (Å²) < 4.78 is 7.47. The molecule has 9 nitrogen and oxygen atoms in total. The number of aryl methyl sites for hydroxylation is 1. The third kappa shape index (κ3) is 5.12. The lowest BCUT2D eigenvalue weighted by atomic mass is 10.2. The molecule has 0 atom stereocenters. The minimum atomic E-state index is 0.152. The normalized spacial score (nSPS) is 10.7. The van der Waals surface area contributed by atoms with E-state index in [9.17, 15) is 0 Å². The molecule has 4 aromatic rings. The molecule has 0 radical (unpaired) electrons. The van der Waals surface area contributed by atoms with Gasteiger partial charge in [0.15, 0.2) is 11.0 Å². The molecule has 0 saturated carbocycles. The number of anilines is 3. The first-order valence-electron chi connectivity index (χ1n) is 10.2. The number of ether oxygens (including phenoxy) is 1. The van der Waals surface area contributed by atoms with Crippen LogP contribution in [-0.4, -0.2) is 36.8 Å². The zero-order valence-corrected chi connectivity index (χ0v) is 19.2. The van der Waals surface area contributed by atoms with E-state index < -0.39 is 0 Å². The number of hydrogen-bond donors (Lipinski definition) is 2. The van der Waals surface area contributed by atoms with Crippen molar-refractivity contribution >= 4 is 29.3 Å². The van der Waals surface area contributed by atoms with Gasteiger partial charge in [-0.1, -0.05) is 48.2 Å². The van der Waals surface area contributed by atoms with Crippen LogP contribution in [-0.2, 0) is 12.3 Å². The quantitative estimate of drug-likeness (QED) is 0.279. The Balaban J connectivity index is 1.57. The number of nitrogen functional groups attached to an aromatic ring is 1. The van der Waals surface area contributed by atoms with Crippen molar-refractivity contribution in [1.82, 2.24) is 29.7 Å². The predicted octanol–water partition coefficient (Wildman–Crippen LogP) is 4.25. The van der Waals surface area contributed by atoms with Crippen molar-refractivity contribution in [3.63, 3.8) is 0 Å². The molecule has 0 aliphatic heterocycles. The van der Waals surface area contributed by atoms with Crippen molar-refractivity contribution in [2.75, 3.05) is 18.2 Å². The summed E-state index contributed by atoms with van der Waals surface area (Å²) in [5.74, 6) is 2.95. The van der Waals surface area contributed by atoms with Gasteiger partial charge in [-0.05, 0) is 30.7 Å². The maximum Gasteiger partial charge on any atom is 0.232 e. The van der Waals surface area contributed by atoms with E-state index in [0.717, 1.165) is 22.6 Å². The fourth-order valence-electron chi connectivity index (χ4n) is 3.24. The summed E-state index contributed by atoms with van der Waals surface area (Å²) >= 11 is 1.46. The van der Waals surface area contributed by atoms with Gasteiger partial charge in [-0.3, -0.25) is 4.57 Å². The minimum absolute atomic E-state index is 0.152. The third-order valence-electron chi connectivity index (χ3n) is 4.80. The first-order chi connectivity index (χ1) is 16.1. The summed E-state index contributed by atoms with van der Waals surface area (Å²) in [7, 11) is 1.64. The average molecular weight is 461 g/mol. The van der Waals surface area contributed by atoms with Gasteiger partial charge in [0.2, 0.25) is 11.9 Å². The number of thioether (sulfide) groups is 1. The Hall–Kier alpha value is -3.92. The van der Waals surface area contributed by atoms with Crippen molar-refractivity contribution < 1.29 is 4.74 Å². The van der Waals surface area contributed by atoms with Crippen LogP contribution in [0.2, 0.25) is 0 Å². The number of aromatic nitrogens is 6. The largest absolute Gasteiger partial charge is 0.496 e. The average Bonchev–Trinajstić information content (AvgIpc) is 3.21. The number of rotatable bonds is 9. The Morgan fingerprint density at radius 2 is 1.88 bits per heavy atom. The zero-order valence-electron chi connectivity index (χ0n) is 18.4. The van der Waals surface area contributed by atoms with Gasteiger partial charge in [0.05, 0.1) is 18.4 Å². The Labute approximate surface area is 196 Å². The molecular formula is C23H24N8OS. The van der Waals surface area contributed by atoms with Crippen LogP contribution in [0, 0.1) is 6.92 Å². The van der Waals surface area contributed by atoms with Crippen molar-refractivity contribution in [3.05, 3.63) is 72.6 Å². The van der Waals surface area contributed by atoms with Crippen molar-refractivity contribution in [2.45, 2.75) is 24.4 Å². The summed E-state index contributed by atoms with van der Waals surface area (Å²) in [5.41, 5.74) is 8.78. The Morgan fingerprint density at radius 1 is 1.09 bits per heavy atom. The van der Waals surface area contributed by atoms with Gasteiger partial charge < -0.3 is 15.8 Å². The fraction of sp³-hybridized carbons (Fsp3) is 0.174. The number of methoxy groups -OCH3 is 1. The van der Waals surface area contributed by atoms with Crippen LogP contribution in [0.25, 0.3) is 11.4 Å². The molecule has 0 unspecified atom stereocenters. The second-order valence-corrected chi connectivity index (χ2v) is 8.01. The van der Waals surface area contributed by atoms with Crippen molar-refractivity contribution in [1.29, 1.82) is 0 Å². The number of hydrogen-bond acceptors (Lipinski definition) is 9. The first kappa shape index (κ1) is 22.3. The molecule has 33 heavy (non-hydrogen) atoms. The lowest BCUT2D eigenvalue weighted by Gasteiger charge is -2.11. The summed E-state index contributed by atoms with van der Waals surface area (Å²) in [6.45, 7) is 6.42. The molecule has 0 fully saturated rings. The molecule has 0 spiro atoms. The van der Waals surface area contributed by atoms with Gasteiger partial charge in [-0.15, -0.1) is 16.8 Å². The van der Waals surface area contributed by atoms with E-state index in [1.807, 2.05) is 60.0 Å². The van der Waals surface area contributed by atoms with Crippen LogP contribution < -0.4 is 15.8 Å². The Bertz CT molecular complexity index is 1270. The topological polar surface area (TPSA) is 117 Å². The van der Waals surface area contributed by atoms with E-state index in [2.05, 4.69) is 37.0 Å². The molecule has 0 bridgehead atoms. The molecule has 2 heterocycles. The van der Waals surface area contributed by atoms with Gasteiger partial charge in [0.25, 0.3) is 0 Å². The molecule has 2 aromatic heterocycles. The van der Waals surface area contributed by atoms with Crippen LogP contribution in [0.5, 0.6) is 5.75 Å². The summed E-state index contributed by atoms with van der Waals surface area (Å²) in [4.78, 5) is 13.0. The van der Waals surface area contributed by atoms with E-state index in [1.165, 1.54) is 11.8 Å². The molecule has 0 aliphatic rings. The molecule has 10 heteroatoms. The van der Waals surface area contributed by atoms with Gasteiger partial charge in [0.1, 0.15) is 11.6 Å². The van der Waals surface area contributed by atoms with Crippen LogP contribution in [0.1, 0.15) is 11.4 Å². The van der Waals surface area contributed by atoms with E-state index in [1.54, 1.807) is 13.2 Å². The number of allylic oxidation sites excluding steroid dienone is 1. The molecule has 0 amide bonds. The molecule has 2 aromatic carbocycles. The number of benzene rings is 2. The first-order valence-corrected chi connectivity index (χ1v) is 11.2. The van der Waals surface area contributed by atoms with Crippen molar-refractivity contribution in [2.24, 2.45) is 0 Å². The molecular weight excluding hydrogens is 436 g/mol. The molecule has 0 aliphatic carbocycles. The second-order valence-electron chi connectivity index (χ2n) is 7.07. The highest BCUT2D eigenvalue weighted by atomic mass is 32.2. The van der Waals surface area contributed by atoms with Crippen LogP contribution in [0.4, 0.5) is 17.6 Å². The Morgan fingerprint density at radius 3 is 2.67 bits per heavy atom. The molecule has 168 valence electrons. The summed E-state index contributed by atoms with van der Waals surface area (Å²) in [5, 5.41) is 12.7. The lowest BCUT2D eigenvalue weighted by Crippen LogP contribution is -2.07. The summed E-state index contributed by atoms with van der Waals surface area (Å²) in [6, 6.07) is 15.6. The van der Waals surface area contributed by atoms with Crippen molar-refractivity contribution in [3.8, 4) is 17.1 Å². The molecule has 3 N–H and O–H groups in total. The standard InChI is InChI=1S/C23H24N8OS/c1-4-13-31-20(16-10-6-8-12-18(16)32-3)29-30-23(31)33-14-19-26-21(24)28-22(27-19)25-17-11-7-5-9-15(17)2/h4-12H,1,13-14H2,2-3H3,(H3,24,25,26,27,28). The molecule has 0 saturated heterocycles. The number of nitrogens with zero attached hydrogens (tertiary/aromatic N) is 6. The van der Waals surface area contributed by atoms with Crippen LogP contribution >= 0.6 is 11.8 Å². The van der Waals surface area contributed by atoms with E-state index in [4.69, 9.17) is 10.5 Å². The maximum absolute atomic E-state index is 5.94. The highest BCUT2D eigenvalue weighted by Gasteiger charge is 2.17. The van der Waals surface area contributed by atoms with Gasteiger partial charge in [-0.2, -0.15) is 15.0 Å². The van der Waals surface area contributed by atoms with Crippen LogP contribution in [0.3, 0.4) is 0 Å². The fourth-order valence-corrected chi connectivity index (χ4v) is 4.04. The monoisotopic (exact) mass is 460 g/mol. The number of nitrogens with one attached hydrogen (secondary N) is 1. The highest BCUT2D eigenvalue weighted by molar-refractivity contribution is 7.98. The maximum atomic E-state index is 5.94. The number of para-hydroxylation sites is 2. The summed E-state index contributed by atoms with van der Waals surface area (Å²) in [6.07, 6.45) is 1.80. The minimum Gasteiger partial charge on any atom is -0.496 e. The predicted molar refractivity (Wildman–Crippen MR) is 130 cm³/mol. The molecule has 4 rings (SSSR count).